The molecule has 6 nitrogen and oxygen atoms in total. The second kappa shape index (κ2) is 7.89. The summed E-state index contributed by atoms with van der Waals surface area (Å²) in [6.45, 7) is 3.15. The fourth-order valence-corrected chi connectivity index (χ4v) is 4.43. The van der Waals surface area contributed by atoms with Crippen molar-refractivity contribution in [3.05, 3.63) is 40.3 Å². The molecule has 1 amide bonds. The Morgan fingerprint density at radius 3 is 2.41 bits per heavy atom. The highest BCUT2D eigenvalue weighted by Gasteiger charge is 2.27. The number of carbonyl (C=O) groups excluding carboxylic acids is 1. The minimum absolute atomic E-state index is 0.0498. The molecule has 0 bridgehead atoms. The molecule has 0 saturated carbocycles. The number of aromatic nitrogens is 1. The van der Waals surface area contributed by atoms with E-state index in [1.807, 2.05) is 4.90 Å². The number of rotatable bonds is 5. The van der Waals surface area contributed by atoms with Gasteiger partial charge >= 0.3 is 5.76 Å². The Balaban J connectivity index is 1.58. The van der Waals surface area contributed by atoms with Gasteiger partial charge in [-0.2, -0.15) is 8.78 Å². The van der Waals surface area contributed by atoms with Crippen LogP contribution >= 0.6 is 11.3 Å². The first-order valence-corrected chi connectivity index (χ1v) is 10.8. The van der Waals surface area contributed by atoms with E-state index in [0.29, 0.717) is 23.7 Å². The Morgan fingerprint density at radius 1 is 1.26 bits per heavy atom. The third kappa shape index (κ3) is 4.27. The number of piperidine rings is 1. The molecule has 1 aromatic heterocycles. The number of sulfone groups is 1. The van der Waals surface area contributed by atoms with Crippen molar-refractivity contribution in [1.29, 1.82) is 0 Å². The molecule has 0 unspecified atom stereocenters. The van der Waals surface area contributed by atoms with Gasteiger partial charge in [0.2, 0.25) is 9.84 Å². The van der Waals surface area contributed by atoms with Crippen LogP contribution in [-0.2, 0) is 9.84 Å². The smallest absolute Gasteiger partial charge is 0.341 e. The number of thiazole rings is 1. The summed E-state index contributed by atoms with van der Waals surface area (Å²) < 4.78 is 48.1. The maximum atomic E-state index is 12.6. The fourth-order valence-electron chi connectivity index (χ4n) is 3.00. The number of hydrogen-bond donors (Lipinski definition) is 1. The molecule has 1 N–H and O–H groups in total. The summed E-state index contributed by atoms with van der Waals surface area (Å²) in [5, 5.41) is 3.02. The van der Waals surface area contributed by atoms with Gasteiger partial charge in [0.1, 0.15) is 4.88 Å². The Hall–Kier alpha value is -2.07. The first kappa shape index (κ1) is 19.7. The quantitative estimate of drug-likeness (QED) is 0.812. The second-order valence-corrected chi connectivity index (χ2v) is 9.07. The largest absolute Gasteiger partial charge is 0.371 e. The van der Waals surface area contributed by atoms with Crippen LogP contribution in [0.5, 0.6) is 0 Å². The predicted octanol–water partition coefficient (Wildman–Crippen LogP) is 2.85. The molecule has 1 aliphatic rings. The van der Waals surface area contributed by atoms with Gasteiger partial charge in [0, 0.05) is 24.8 Å². The molecule has 146 valence electrons. The van der Waals surface area contributed by atoms with E-state index in [4.69, 9.17) is 0 Å². The van der Waals surface area contributed by atoms with E-state index in [9.17, 15) is 22.0 Å². The van der Waals surface area contributed by atoms with Gasteiger partial charge in [-0.05, 0) is 44.0 Å². The van der Waals surface area contributed by atoms with Crippen LogP contribution in [0.25, 0.3) is 0 Å². The summed E-state index contributed by atoms with van der Waals surface area (Å²) in [6.07, 6.45) is 1.47. The average molecular weight is 415 g/mol. The molecule has 0 spiro atoms. The highest BCUT2D eigenvalue weighted by atomic mass is 32.2. The van der Waals surface area contributed by atoms with Gasteiger partial charge < -0.3 is 10.2 Å². The number of carbonyl (C=O) groups is 1. The van der Waals surface area contributed by atoms with Crippen LogP contribution in [0.4, 0.5) is 14.5 Å². The Labute approximate surface area is 160 Å². The molecule has 10 heteroatoms. The molecule has 0 atom stereocenters. The van der Waals surface area contributed by atoms with E-state index in [2.05, 4.69) is 10.3 Å². The van der Waals surface area contributed by atoms with Crippen molar-refractivity contribution in [2.24, 2.45) is 0 Å². The first-order valence-electron chi connectivity index (χ1n) is 8.37. The number of alkyl halides is 2. The summed E-state index contributed by atoms with van der Waals surface area (Å²) >= 11 is 1.31. The number of nitrogens with zero attached hydrogens (tertiary/aromatic N) is 2. The Bertz CT molecular complexity index is 906. The zero-order valence-corrected chi connectivity index (χ0v) is 16.2. The molecule has 0 radical (unpaired) electrons. The van der Waals surface area contributed by atoms with Crippen molar-refractivity contribution in [2.75, 3.05) is 18.0 Å². The standard InChI is InChI=1S/C17H19F2N3O3S2/c1-11-15(26-10-20-11)16(23)21-12-6-8-22(9-7-12)13-2-4-14(5-3-13)27(24,25)17(18)19/h2-5,10,12,17H,6-9H2,1H3,(H,21,23). The van der Waals surface area contributed by atoms with E-state index in [1.165, 1.54) is 35.6 Å². The van der Waals surface area contributed by atoms with Crippen LogP contribution in [0.2, 0.25) is 0 Å². The van der Waals surface area contributed by atoms with Crippen LogP contribution < -0.4 is 10.2 Å². The SMILES string of the molecule is Cc1ncsc1C(=O)NC1CCN(c2ccc(S(=O)(=O)C(F)F)cc2)CC1. The topological polar surface area (TPSA) is 79.4 Å². The monoisotopic (exact) mass is 415 g/mol. The van der Waals surface area contributed by atoms with E-state index < -0.39 is 15.6 Å². The molecular formula is C17H19F2N3O3S2. The molecule has 2 heterocycles. The average Bonchev–Trinajstić information content (AvgIpc) is 3.08. The van der Waals surface area contributed by atoms with Crippen LogP contribution in [0.1, 0.15) is 28.2 Å². The maximum absolute atomic E-state index is 12.6. The van der Waals surface area contributed by atoms with Crippen molar-refractivity contribution in [3.8, 4) is 0 Å². The molecule has 1 aliphatic heterocycles. The number of nitrogens with one attached hydrogen (secondary N) is 1. The summed E-state index contributed by atoms with van der Waals surface area (Å²) in [7, 11) is -4.58. The molecule has 2 aromatic rings. The van der Waals surface area contributed by atoms with Crippen molar-refractivity contribution >= 4 is 32.8 Å². The predicted molar refractivity (Wildman–Crippen MR) is 99.2 cm³/mol. The Morgan fingerprint density at radius 2 is 1.89 bits per heavy atom. The minimum atomic E-state index is -4.58. The minimum Gasteiger partial charge on any atom is -0.371 e. The van der Waals surface area contributed by atoms with Gasteiger partial charge in [-0.1, -0.05) is 0 Å². The highest BCUT2D eigenvalue weighted by Crippen LogP contribution is 2.24. The molecule has 1 saturated heterocycles. The van der Waals surface area contributed by atoms with Crippen LogP contribution in [-0.4, -0.2) is 44.2 Å². The number of benzene rings is 1. The van der Waals surface area contributed by atoms with Crippen molar-refractivity contribution in [2.45, 2.75) is 36.5 Å². The van der Waals surface area contributed by atoms with Gasteiger partial charge in [0.15, 0.2) is 0 Å². The number of halogens is 2. The van der Waals surface area contributed by atoms with Crippen molar-refractivity contribution < 1.29 is 22.0 Å². The number of hydrogen-bond acceptors (Lipinski definition) is 6. The normalized spacial score (nSPS) is 15.9. The lowest BCUT2D eigenvalue weighted by Gasteiger charge is -2.34. The van der Waals surface area contributed by atoms with E-state index in [0.717, 1.165) is 18.5 Å². The summed E-state index contributed by atoms with van der Waals surface area (Å²) in [6, 6.07) is 5.53. The highest BCUT2D eigenvalue weighted by molar-refractivity contribution is 7.91. The molecule has 1 fully saturated rings. The lowest BCUT2D eigenvalue weighted by molar-refractivity contribution is 0.0934. The summed E-state index contributed by atoms with van der Waals surface area (Å²) in [5.74, 6) is -3.54. The fraction of sp³-hybridized carbons (Fsp3) is 0.412. The van der Waals surface area contributed by atoms with Gasteiger partial charge in [-0.3, -0.25) is 4.79 Å². The summed E-state index contributed by atoms with van der Waals surface area (Å²) in [5.41, 5.74) is 3.13. The van der Waals surface area contributed by atoms with Crippen molar-refractivity contribution in [1.82, 2.24) is 10.3 Å². The number of aryl methyl sites for hydroxylation is 1. The van der Waals surface area contributed by atoms with Gasteiger partial charge in [0.25, 0.3) is 5.91 Å². The zero-order valence-electron chi connectivity index (χ0n) is 14.6. The van der Waals surface area contributed by atoms with Gasteiger partial charge in [-0.25, -0.2) is 13.4 Å². The van der Waals surface area contributed by atoms with Gasteiger partial charge in [0.05, 0.1) is 16.1 Å². The molecular weight excluding hydrogens is 396 g/mol. The Kier molecular flexibility index (Phi) is 5.75. The zero-order chi connectivity index (χ0) is 19.6. The molecule has 0 aliphatic carbocycles. The lowest BCUT2D eigenvalue weighted by atomic mass is 10.0. The second-order valence-electron chi connectivity index (χ2n) is 6.30. The third-order valence-corrected chi connectivity index (χ3v) is 6.87. The maximum Gasteiger partial charge on any atom is 0.341 e. The third-order valence-electron chi connectivity index (χ3n) is 4.55. The van der Waals surface area contributed by atoms with Crippen molar-refractivity contribution in [3.63, 3.8) is 0 Å². The number of amides is 1. The number of anilines is 1. The van der Waals surface area contributed by atoms with Crippen LogP contribution in [0.3, 0.4) is 0 Å². The summed E-state index contributed by atoms with van der Waals surface area (Å²) in [4.78, 5) is 18.6. The van der Waals surface area contributed by atoms with Crippen LogP contribution in [0, 0.1) is 6.92 Å². The first-order chi connectivity index (χ1) is 12.8. The van der Waals surface area contributed by atoms with Crippen LogP contribution in [0.15, 0.2) is 34.7 Å². The molecule has 3 rings (SSSR count). The molecule has 27 heavy (non-hydrogen) atoms. The van der Waals surface area contributed by atoms with E-state index in [1.54, 1.807) is 12.4 Å². The molecule has 1 aromatic carbocycles. The lowest BCUT2D eigenvalue weighted by Crippen LogP contribution is -2.44. The van der Waals surface area contributed by atoms with Gasteiger partial charge in [-0.15, -0.1) is 11.3 Å². The van der Waals surface area contributed by atoms with E-state index >= 15 is 0 Å². The van der Waals surface area contributed by atoms with E-state index in [-0.39, 0.29) is 16.8 Å².